The van der Waals surface area contributed by atoms with E-state index in [0.717, 1.165) is 23.3 Å². The van der Waals surface area contributed by atoms with Crippen molar-refractivity contribution < 1.29 is 23.1 Å². The lowest BCUT2D eigenvalue weighted by atomic mass is 9.97. The molecule has 1 atom stereocenters. The number of carbonyl (C=O) groups excluding carboxylic acids is 2. The van der Waals surface area contributed by atoms with E-state index in [1.54, 1.807) is 6.07 Å². The number of aryl methyl sites for hydroxylation is 1. The Bertz CT molecular complexity index is 844. The Labute approximate surface area is 143 Å². The van der Waals surface area contributed by atoms with E-state index in [1.807, 2.05) is 19.9 Å². The van der Waals surface area contributed by atoms with Gasteiger partial charge in [0.25, 0.3) is 5.91 Å². The fourth-order valence-electron chi connectivity index (χ4n) is 3.20. The van der Waals surface area contributed by atoms with Gasteiger partial charge in [0.2, 0.25) is 0 Å². The maximum Gasteiger partial charge on any atom is 0.262 e. The van der Waals surface area contributed by atoms with Crippen LogP contribution in [0.5, 0.6) is 5.75 Å². The summed E-state index contributed by atoms with van der Waals surface area (Å²) in [5.41, 5.74) is 2.50. The average Bonchev–Trinajstić information content (AvgIpc) is 2.81. The van der Waals surface area contributed by atoms with Gasteiger partial charge in [-0.3, -0.25) is 9.59 Å². The molecule has 3 rings (SSSR count). The molecule has 0 saturated heterocycles. The zero-order valence-corrected chi connectivity index (χ0v) is 13.9. The molecule has 1 N–H and O–H groups in total. The monoisotopic (exact) mass is 345 g/mol. The predicted molar refractivity (Wildman–Crippen MR) is 89.0 cm³/mol. The second kappa shape index (κ2) is 6.63. The first kappa shape index (κ1) is 17.1. The number of fused-ring (bicyclic) bond motifs is 1. The summed E-state index contributed by atoms with van der Waals surface area (Å²) in [7, 11) is 0. The number of benzene rings is 2. The smallest absolute Gasteiger partial charge is 0.262 e. The van der Waals surface area contributed by atoms with E-state index < -0.39 is 17.5 Å². The second-order valence-corrected chi connectivity index (χ2v) is 6.19. The SMILES string of the molecule is Cc1ccc(OCC(=O)Nc2cc(F)cc(F)c2)c2c1[C@H](C)CC2=O. The van der Waals surface area contributed by atoms with Crippen LogP contribution in [0.15, 0.2) is 30.3 Å². The average molecular weight is 345 g/mol. The van der Waals surface area contributed by atoms with Crippen molar-refractivity contribution in [3.8, 4) is 5.75 Å². The Morgan fingerprint density at radius 1 is 1.24 bits per heavy atom. The standard InChI is InChI=1S/C19H17F2NO3/c1-10-3-4-16(19-15(23)5-11(2)18(10)19)25-9-17(24)22-14-7-12(20)6-13(21)8-14/h3-4,6-8,11H,5,9H2,1-2H3,(H,22,24)/t11-/m1/s1. The van der Waals surface area contributed by atoms with Crippen LogP contribution in [0.25, 0.3) is 0 Å². The van der Waals surface area contributed by atoms with Crippen molar-refractivity contribution in [3.05, 3.63) is 58.7 Å². The minimum atomic E-state index is -0.785. The molecule has 0 bridgehead atoms. The third-order valence-corrected chi connectivity index (χ3v) is 4.19. The van der Waals surface area contributed by atoms with Crippen molar-refractivity contribution in [2.75, 3.05) is 11.9 Å². The molecule has 1 amide bonds. The van der Waals surface area contributed by atoms with E-state index >= 15 is 0 Å². The molecule has 130 valence electrons. The molecular weight excluding hydrogens is 328 g/mol. The number of hydrogen-bond acceptors (Lipinski definition) is 3. The molecule has 0 spiro atoms. The zero-order chi connectivity index (χ0) is 18.1. The van der Waals surface area contributed by atoms with Gasteiger partial charge in [-0.15, -0.1) is 0 Å². The van der Waals surface area contributed by atoms with E-state index in [1.165, 1.54) is 0 Å². The maximum absolute atomic E-state index is 13.1. The van der Waals surface area contributed by atoms with Crippen molar-refractivity contribution >= 4 is 17.4 Å². The molecule has 2 aromatic carbocycles. The summed E-state index contributed by atoms with van der Waals surface area (Å²) >= 11 is 0. The first-order chi connectivity index (χ1) is 11.8. The van der Waals surface area contributed by atoms with Crippen LogP contribution >= 0.6 is 0 Å². The van der Waals surface area contributed by atoms with Crippen molar-refractivity contribution in [3.63, 3.8) is 0 Å². The highest BCUT2D eigenvalue weighted by molar-refractivity contribution is 6.04. The first-order valence-electron chi connectivity index (χ1n) is 7.90. The van der Waals surface area contributed by atoms with E-state index in [4.69, 9.17) is 4.74 Å². The van der Waals surface area contributed by atoms with Gasteiger partial charge in [0, 0.05) is 18.2 Å². The number of carbonyl (C=O) groups is 2. The van der Waals surface area contributed by atoms with Gasteiger partial charge < -0.3 is 10.1 Å². The van der Waals surface area contributed by atoms with E-state index in [9.17, 15) is 18.4 Å². The summed E-state index contributed by atoms with van der Waals surface area (Å²) in [5, 5.41) is 2.36. The van der Waals surface area contributed by atoms with Crippen molar-refractivity contribution in [2.45, 2.75) is 26.2 Å². The van der Waals surface area contributed by atoms with Crippen LogP contribution in [0, 0.1) is 18.6 Å². The molecular formula is C19H17F2NO3. The van der Waals surface area contributed by atoms with E-state index in [0.29, 0.717) is 23.8 Å². The molecule has 0 unspecified atom stereocenters. The van der Waals surface area contributed by atoms with Crippen LogP contribution in [0.4, 0.5) is 14.5 Å². The van der Waals surface area contributed by atoms with Gasteiger partial charge in [-0.05, 0) is 42.2 Å². The van der Waals surface area contributed by atoms with Gasteiger partial charge in [-0.2, -0.15) is 0 Å². The minimum absolute atomic E-state index is 0.00457. The fraction of sp³-hybridized carbons (Fsp3) is 0.263. The number of ether oxygens (including phenoxy) is 1. The number of Topliss-reactive ketones (excluding diaryl/α,β-unsaturated/α-hetero) is 1. The molecule has 2 aromatic rings. The highest BCUT2D eigenvalue weighted by Crippen LogP contribution is 2.40. The Kier molecular flexibility index (Phi) is 4.53. The van der Waals surface area contributed by atoms with E-state index in [2.05, 4.69) is 5.32 Å². The minimum Gasteiger partial charge on any atom is -0.483 e. The topological polar surface area (TPSA) is 55.4 Å². The van der Waals surface area contributed by atoms with Crippen LogP contribution in [0.1, 0.15) is 40.7 Å². The number of hydrogen-bond donors (Lipinski definition) is 1. The predicted octanol–water partition coefficient (Wildman–Crippen LogP) is 3.98. The largest absolute Gasteiger partial charge is 0.483 e. The first-order valence-corrected chi connectivity index (χ1v) is 7.90. The highest BCUT2D eigenvalue weighted by Gasteiger charge is 2.31. The van der Waals surface area contributed by atoms with Gasteiger partial charge >= 0.3 is 0 Å². The van der Waals surface area contributed by atoms with E-state index in [-0.39, 0.29) is 24.0 Å². The van der Waals surface area contributed by atoms with Crippen molar-refractivity contribution in [1.29, 1.82) is 0 Å². The van der Waals surface area contributed by atoms with Crippen LogP contribution in [0.2, 0.25) is 0 Å². The third kappa shape index (κ3) is 3.52. The molecule has 0 aliphatic heterocycles. The summed E-state index contributed by atoms with van der Waals surface area (Å²) in [4.78, 5) is 24.2. The molecule has 1 aliphatic rings. The van der Waals surface area contributed by atoms with Crippen LogP contribution in [-0.2, 0) is 4.79 Å². The second-order valence-electron chi connectivity index (χ2n) is 6.19. The maximum atomic E-state index is 13.1. The normalized spacial score (nSPS) is 15.8. The van der Waals surface area contributed by atoms with Gasteiger partial charge in [-0.25, -0.2) is 8.78 Å². The fourth-order valence-corrected chi connectivity index (χ4v) is 3.20. The highest BCUT2D eigenvalue weighted by atomic mass is 19.1. The summed E-state index contributed by atoms with van der Waals surface area (Å²) < 4.78 is 31.8. The summed E-state index contributed by atoms with van der Waals surface area (Å²) in [5.74, 6) is -1.67. The lowest BCUT2D eigenvalue weighted by Gasteiger charge is -2.13. The summed E-state index contributed by atoms with van der Waals surface area (Å²) in [6.07, 6.45) is 0.422. The molecule has 25 heavy (non-hydrogen) atoms. The third-order valence-electron chi connectivity index (χ3n) is 4.19. The molecule has 0 saturated carbocycles. The Morgan fingerprint density at radius 2 is 1.92 bits per heavy atom. The van der Waals surface area contributed by atoms with Crippen molar-refractivity contribution in [1.82, 2.24) is 0 Å². The van der Waals surface area contributed by atoms with Crippen molar-refractivity contribution in [2.24, 2.45) is 0 Å². The number of ketones is 1. The Morgan fingerprint density at radius 3 is 2.60 bits per heavy atom. The lowest BCUT2D eigenvalue weighted by molar-refractivity contribution is -0.118. The zero-order valence-electron chi connectivity index (χ0n) is 13.9. The van der Waals surface area contributed by atoms with Crippen LogP contribution in [0.3, 0.4) is 0 Å². The molecule has 0 radical (unpaired) electrons. The lowest BCUT2D eigenvalue weighted by Crippen LogP contribution is -2.21. The number of amides is 1. The quantitative estimate of drug-likeness (QED) is 0.912. The number of rotatable bonds is 4. The number of halogens is 2. The molecule has 6 heteroatoms. The molecule has 0 fully saturated rings. The summed E-state index contributed by atoms with van der Waals surface area (Å²) in [6.45, 7) is 3.55. The molecule has 4 nitrogen and oxygen atoms in total. The number of nitrogens with one attached hydrogen (secondary N) is 1. The van der Waals surface area contributed by atoms with Gasteiger partial charge in [0.05, 0.1) is 5.56 Å². The van der Waals surface area contributed by atoms with Crippen LogP contribution in [-0.4, -0.2) is 18.3 Å². The van der Waals surface area contributed by atoms with Crippen LogP contribution < -0.4 is 10.1 Å². The molecule has 0 heterocycles. The van der Waals surface area contributed by atoms with Gasteiger partial charge in [0.1, 0.15) is 17.4 Å². The molecule has 1 aliphatic carbocycles. The van der Waals surface area contributed by atoms with Gasteiger partial charge in [-0.1, -0.05) is 13.0 Å². The Hall–Kier alpha value is -2.76. The molecule has 0 aromatic heterocycles. The summed E-state index contributed by atoms with van der Waals surface area (Å²) in [6, 6.07) is 6.25. The van der Waals surface area contributed by atoms with Gasteiger partial charge in [0.15, 0.2) is 12.4 Å². The Balaban J connectivity index is 1.72. The number of anilines is 1.